The molecule has 16 heavy (non-hydrogen) atoms. The first-order chi connectivity index (χ1) is 7.69. The van der Waals surface area contributed by atoms with Crippen molar-refractivity contribution < 1.29 is 0 Å². The molecule has 2 aromatic heterocycles. The Kier molecular flexibility index (Phi) is 3.07. The second-order valence-corrected chi connectivity index (χ2v) is 3.89. The third kappa shape index (κ3) is 2.32. The number of rotatable bonds is 3. The van der Waals surface area contributed by atoms with Crippen molar-refractivity contribution in [3.63, 3.8) is 0 Å². The van der Waals surface area contributed by atoms with Crippen LogP contribution in [0, 0.1) is 6.92 Å². The third-order valence-electron chi connectivity index (χ3n) is 2.14. The third-order valence-corrected chi connectivity index (χ3v) is 2.48. The first-order valence-electron chi connectivity index (χ1n) is 4.80. The van der Waals surface area contributed by atoms with E-state index >= 15 is 0 Å². The fraction of sp³-hybridized carbons (Fsp3) is 0.200. The molecule has 0 aliphatic heterocycles. The molecule has 0 aliphatic carbocycles. The van der Waals surface area contributed by atoms with E-state index in [1.807, 2.05) is 13.1 Å². The molecule has 0 bridgehead atoms. The largest absolute Gasteiger partial charge is 0.308 e. The molecule has 0 unspecified atom stereocenters. The Balaban J connectivity index is 2.26. The minimum absolute atomic E-state index is 0.530. The van der Waals surface area contributed by atoms with Crippen molar-refractivity contribution in [2.24, 2.45) is 5.84 Å². The number of nitrogen functional groups attached to an aromatic ring is 1. The molecule has 0 atom stereocenters. The first kappa shape index (κ1) is 10.9. The first-order valence-corrected chi connectivity index (χ1v) is 5.18. The van der Waals surface area contributed by atoms with Crippen molar-refractivity contribution in [2.75, 3.05) is 5.43 Å². The fourth-order valence-electron chi connectivity index (χ4n) is 1.38. The van der Waals surface area contributed by atoms with Gasteiger partial charge in [0, 0.05) is 6.20 Å². The van der Waals surface area contributed by atoms with Crippen LogP contribution in [0.5, 0.6) is 0 Å². The smallest absolute Gasteiger partial charge is 0.140 e. The van der Waals surface area contributed by atoms with Crippen molar-refractivity contribution in [1.82, 2.24) is 14.8 Å². The van der Waals surface area contributed by atoms with Crippen LogP contribution in [0.2, 0.25) is 5.02 Å². The van der Waals surface area contributed by atoms with E-state index < -0.39 is 0 Å². The van der Waals surface area contributed by atoms with E-state index in [0.717, 1.165) is 11.3 Å². The molecule has 0 spiro atoms. The van der Waals surface area contributed by atoms with Gasteiger partial charge in [0.1, 0.15) is 5.82 Å². The molecule has 2 rings (SSSR count). The van der Waals surface area contributed by atoms with Gasteiger partial charge in [0.05, 0.1) is 23.5 Å². The van der Waals surface area contributed by atoms with E-state index in [9.17, 15) is 0 Å². The number of nitrogens with one attached hydrogen (secondary N) is 1. The van der Waals surface area contributed by atoms with Crippen LogP contribution in [-0.2, 0) is 6.54 Å². The normalized spacial score (nSPS) is 10.4. The summed E-state index contributed by atoms with van der Waals surface area (Å²) in [4.78, 5) is 4.27. The van der Waals surface area contributed by atoms with Crippen LogP contribution in [-0.4, -0.2) is 14.8 Å². The Morgan fingerprint density at radius 3 is 2.94 bits per heavy atom. The fourth-order valence-corrected chi connectivity index (χ4v) is 1.55. The molecule has 0 radical (unpaired) electrons. The molecule has 84 valence electrons. The zero-order valence-corrected chi connectivity index (χ0v) is 9.57. The average Bonchev–Trinajstić information content (AvgIpc) is 2.67. The van der Waals surface area contributed by atoms with Crippen LogP contribution in [0.25, 0.3) is 0 Å². The number of nitrogens with zero attached hydrogens (tertiary/aromatic N) is 3. The van der Waals surface area contributed by atoms with Gasteiger partial charge in [-0.1, -0.05) is 11.6 Å². The van der Waals surface area contributed by atoms with E-state index in [-0.39, 0.29) is 0 Å². The van der Waals surface area contributed by atoms with Crippen molar-refractivity contribution in [1.29, 1.82) is 0 Å². The molecule has 2 heterocycles. The topological polar surface area (TPSA) is 68.8 Å². The quantitative estimate of drug-likeness (QED) is 0.628. The highest BCUT2D eigenvalue weighted by molar-refractivity contribution is 6.31. The molecule has 0 saturated carbocycles. The molecule has 3 N–H and O–H groups in total. The van der Waals surface area contributed by atoms with Gasteiger partial charge < -0.3 is 5.43 Å². The Labute approximate surface area is 98.2 Å². The summed E-state index contributed by atoms with van der Waals surface area (Å²) in [6.07, 6.45) is 3.72. The number of pyridine rings is 1. The maximum absolute atomic E-state index is 6.04. The molecule has 0 amide bonds. The highest BCUT2D eigenvalue weighted by Gasteiger charge is 2.05. The van der Waals surface area contributed by atoms with E-state index in [0.29, 0.717) is 17.4 Å². The zero-order valence-electron chi connectivity index (χ0n) is 8.81. The van der Waals surface area contributed by atoms with Crippen molar-refractivity contribution >= 4 is 17.4 Å². The second-order valence-electron chi connectivity index (χ2n) is 3.48. The van der Waals surface area contributed by atoms with Gasteiger partial charge in [-0.25, -0.2) is 10.8 Å². The Hall–Kier alpha value is -1.59. The average molecular weight is 238 g/mol. The van der Waals surface area contributed by atoms with E-state index in [2.05, 4.69) is 15.5 Å². The molecule has 0 aliphatic rings. The molecular weight excluding hydrogens is 226 g/mol. The molecule has 0 saturated heterocycles. The molecule has 0 fully saturated rings. The van der Waals surface area contributed by atoms with E-state index in [1.54, 1.807) is 23.0 Å². The highest BCUT2D eigenvalue weighted by atomic mass is 35.5. The summed E-state index contributed by atoms with van der Waals surface area (Å²) >= 11 is 6.04. The summed E-state index contributed by atoms with van der Waals surface area (Å²) in [5, 5.41) is 4.78. The maximum atomic E-state index is 6.04. The number of hydrogen-bond donors (Lipinski definition) is 2. The number of aromatic nitrogens is 3. The minimum atomic E-state index is 0.530. The molecule has 6 heteroatoms. The number of hydrogen-bond acceptors (Lipinski definition) is 4. The number of halogens is 1. The lowest BCUT2D eigenvalue weighted by Gasteiger charge is -2.06. The summed E-state index contributed by atoms with van der Waals surface area (Å²) in [5.74, 6) is 5.87. The van der Waals surface area contributed by atoms with Gasteiger partial charge in [-0.15, -0.1) is 0 Å². The van der Waals surface area contributed by atoms with Crippen LogP contribution in [0.15, 0.2) is 24.5 Å². The van der Waals surface area contributed by atoms with E-state index in [4.69, 9.17) is 17.4 Å². The predicted octanol–water partition coefficient (Wildman–Crippen LogP) is 1.57. The summed E-state index contributed by atoms with van der Waals surface area (Å²) < 4.78 is 1.78. The summed E-state index contributed by atoms with van der Waals surface area (Å²) in [6, 6.07) is 3.48. The minimum Gasteiger partial charge on any atom is -0.308 e. The van der Waals surface area contributed by atoms with Crippen LogP contribution in [0.4, 0.5) is 5.82 Å². The monoisotopic (exact) mass is 237 g/mol. The van der Waals surface area contributed by atoms with Gasteiger partial charge in [0.15, 0.2) is 0 Å². The van der Waals surface area contributed by atoms with E-state index in [1.165, 1.54) is 0 Å². The SMILES string of the molecule is Cc1cnn(Cc2nc(NN)ccc2Cl)c1. The number of hydrazine groups is 1. The molecular formula is C10H12ClN5. The van der Waals surface area contributed by atoms with Crippen molar-refractivity contribution in [3.05, 3.63) is 40.8 Å². The zero-order chi connectivity index (χ0) is 11.5. The highest BCUT2D eigenvalue weighted by Crippen LogP contribution is 2.17. The van der Waals surface area contributed by atoms with Crippen LogP contribution >= 0.6 is 11.6 Å². The van der Waals surface area contributed by atoms with Gasteiger partial charge in [0.2, 0.25) is 0 Å². The van der Waals surface area contributed by atoms with Gasteiger partial charge in [-0.05, 0) is 24.6 Å². The van der Waals surface area contributed by atoms with Crippen molar-refractivity contribution in [2.45, 2.75) is 13.5 Å². The van der Waals surface area contributed by atoms with Crippen LogP contribution < -0.4 is 11.3 Å². The summed E-state index contributed by atoms with van der Waals surface area (Å²) in [6.45, 7) is 2.51. The maximum Gasteiger partial charge on any atom is 0.140 e. The Bertz CT molecular complexity index is 494. The van der Waals surface area contributed by atoms with Crippen LogP contribution in [0.3, 0.4) is 0 Å². The second kappa shape index (κ2) is 4.51. The van der Waals surface area contributed by atoms with Gasteiger partial charge in [-0.3, -0.25) is 4.68 Å². The number of nitrogens with two attached hydrogens (primary N) is 1. The van der Waals surface area contributed by atoms with Crippen molar-refractivity contribution in [3.8, 4) is 0 Å². The predicted molar refractivity (Wildman–Crippen MR) is 63.1 cm³/mol. The Morgan fingerprint density at radius 2 is 2.31 bits per heavy atom. The number of aryl methyl sites for hydroxylation is 1. The summed E-state index contributed by atoms with van der Waals surface area (Å²) in [5.41, 5.74) is 4.32. The standard InChI is InChI=1S/C10H12ClN5/c1-7-4-13-16(5-7)6-9-8(11)2-3-10(14-9)15-12/h2-5H,6,12H2,1H3,(H,14,15). The molecule has 0 aromatic carbocycles. The Morgan fingerprint density at radius 1 is 1.50 bits per heavy atom. The summed E-state index contributed by atoms with van der Waals surface area (Å²) in [7, 11) is 0. The van der Waals surface area contributed by atoms with Gasteiger partial charge >= 0.3 is 0 Å². The van der Waals surface area contributed by atoms with Crippen LogP contribution in [0.1, 0.15) is 11.3 Å². The lowest BCUT2D eigenvalue weighted by Crippen LogP contribution is -2.11. The van der Waals surface area contributed by atoms with Gasteiger partial charge in [-0.2, -0.15) is 5.10 Å². The lowest BCUT2D eigenvalue weighted by atomic mass is 10.3. The van der Waals surface area contributed by atoms with Gasteiger partial charge in [0.25, 0.3) is 0 Å². The number of anilines is 1. The lowest BCUT2D eigenvalue weighted by molar-refractivity contribution is 0.673. The molecule has 5 nitrogen and oxygen atoms in total. The molecule has 2 aromatic rings.